The molecule has 0 atom stereocenters. The van der Waals surface area contributed by atoms with Crippen molar-refractivity contribution in [1.82, 2.24) is 10.6 Å². The molecule has 7 nitrogen and oxygen atoms in total. The normalized spacial score (nSPS) is 11.9. The molecular weight excluding hydrogens is 386 g/mol. The van der Waals surface area contributed by atoms with Crippen LogP contribution in [0, 0.1) is 0 Å². The Balaban J connectivity index is 1.85. The highest BCUT2D eigenvalue weighted by Gasteiger charge is 2.07. The van der Waals surface area contributed by atoms with Gasteiger partial charge >= 0.3 is 0 Å². The van der Waals surface area contributed by atoms with Gasteiger partial charge in [-0.2, -0.15) is 0 Å². The SMILES string of the molecule is CCNC(=NCc1ccc(S(N)(=O)=O)cc1)NCCCN(CC)c1ccccc1. The van der Waals surface area contributed by atoms with Gasteiger partial charge in [-0.1, -0.05) is 30.3 Å². The fourth-order valence-corrected chi connectivity index (χ4v) is 3.40. The lowest BCUT2D eigenvalue weighted by molar-refractivity contribution is 0.598. The molecule has 29 heavy (non-hydrogen) atoms. The molecule has 0 unspecified atom stereocenters. The fraction of sp³-hybridized carbons (Fsp3) is 0.381. The average molecular weight is 418 g/mol. The molecule has 0 radical (unpaired) electrons. The van der Waals surface area contributed by atoms with Crippen LogP contribution in [-0.4, -0.2) is 40.6 Å². The van der Waals surface area contributed by atoms with E-state index in [1.807, 2.05) is 13.0 Å². The van der Waals surface area contributed by atoms with Crippen molar-refractivity contribution < 1.29 is 8.42 Å². The van der Waals surface area contributed by atoms with E-state index < -0.39 is 10.0 Å². The van der Waals surface area contributed by atoms with Gasteiger partial charge in [0.05, 0.1) is 11.4 Å². The number of hydrogen-bond donors (Lipinski definition) is 3. The van der Waals surface area contributed by atoms with Gasteiger partial charge < -0.3 is 15.5 Å². The molecule has 0 amide bonds. The lowest BCUT2D eigenvalue weighted by Crippen LogP contribution is -2.38. The summed E-state index contributed by atoms with van der Waals surface area (Å²) < 4.78 is 22.7. The molecule has 0 heterocycles. The lowest BCUT2D eigenvalue weighted by Gasteiger charge is -2.23. The molecule has 0 aromatic heterocycles. The maximum Gasteiger partial charge on any atom is 0.238 e. The predicted molar refractivity (Wildman–Crippen MR) is 120 cm³/mol. The van der Waals surface area contributed by atoms with Gasteiger partial charge in [0.1, 0.15) is 0 Å². The van der Waals surface area contributed by atoms with Crippen molar-refractivity contribution in [2.75, 3.05) is 31.1 Å². The minimum Gasteiger partial charge on any atom is -0.372 e. The number of guanidine groups is 1. The van der Waals surface area contributed by atoms with Crippen LogP contribution in [0.3, 0.4) is 0 Å². The second-order valence-corrected chi connectivity index (χ2v) is 8.14. The van der Waals surface area contributed by atoms with Gasteiger partial charge in [-0.25, -0.2) is 18.5 Å². The third kappa shape index (κ3) is 7.75. The van der Waals surface area contributed by atoms with Crippen molar-refractivity contribution in [3.05, 3.63) is 60.2 Å². The number of sulfonamides is 1. The van der Waals surface area contributed by atoms with Crippen molar-refractivity contribution in [2.24, 2.45) is 10.1 Å². The molecule has 0 bridgehead atoms. The summed E-state index contributed by atoms with van der Waals surface area (Å²) in [7, 11) is -3.67. The molecule has 4 N–H and O–H groups in total. The number of para-hydroxylation sites is 1. The first kappa shape index (κ1) is 22.7. The lowest BCUT2D eigenvalue weighted by atomic mass is 10.2. The van der Waals surface area contributed by atoms with Gasteiger partial charge in [-0.05, 0) is 50.1 Å². The number of hydrogen-bond acceptors (Lipinski definition) is 4. The van der Waals surface area contributed by atoms with Crippen molar-refractivity contribution in [3.63, 3.8) is 0 Å². The Bertz CT molecular complexity index is 868. The van der Waals surface area contributed by atoms with Crippen molar-refractivity contribution in [2.45, 2.75) is 31.7 Å². The summed E-state index contributed by atoms with van der Waals surface area (Å²) in [5.41, 5.74) is 2.15. The summed E-state index contributed by atoms with van der Waals surface area (Å²) in [5.74, 6) is 0.741. The minimum absolute atomic E-state index is 0.106. The molecule has 0 saturated carbocycles. The van der Waals surface area contributed by atoms with Crippen molar-refractivity contribution >= 4 is 21.7 Å². The monoisotopic (exact) mass is 417 g/mol. The summed E-state index contributed by atoms with van der Waals surface area (Å²) in [5, 5.41) is 11.7. The molecule has 0 aliphatic rings. The van der Waals surface area contributed by atoms with E-state index >= 15 is 0 Å². The summed E-state index contributed by atoms with van der Waals surface area (Å²) in [4.78, 5) is 7.02. The standard InChI is InChI=1S/C21H31N5O2S/c1-3-23-21(25-17-18-11-13-20(14-12-18)29(22,27)28)24-15-8-16-26(4-2)19-9-6-5-7-10-19/h5-7,9-14H,3-4,8,15-17H2,1-2H3,(H2,22,27,28)(H2,23,24,25). The Morgan fingerprint density at radius 2 is 1.72 bits per heavy atom. The smallest absolute Gasteiger partial charge is 0.238 e. The average Bonchev–Trinajstić information content (AvgIpc) is 2.72. The van der Waals surface area contributed by atoms with Crippen LogP contribution >= 0.6 is 0 Å². The van der Waals surface area contributed by atoms with Gasteiger partial charge in [-0.15, -0.1) is 0 Å². The first-order chi connectivity index (χ1) is 13.9. The molecule has 0 fully saturated rings. The molecule has 0 saturated heterocycles. The zero-order valence-electron chi connectivity index (χ0n) is 17.1. The van der Waals surface area contributed by atoms with E-state index in [4.69, 9.17) is 5.14 Å². The van der Waals surface area contributed by atoms with Crippen molar-refractivity contribution in [1.29, 1.82) is 0 Å². The molecule has 2 rings (SSSR count). The number of anilines is 1. The third-order valence-electron chi connectivity index (χ3n) is 4.42. The quantitative estimate of drug-likeness (QED) is 0.313. The molecule has 2 aromatic rings. The molecule has 0 spiro atoms. The number of aliphatic imine (C=N–C) groups is 1. The van der Waals surface area contributed by atoms with E-state index in [2.05, 4.69) is 51.7 Å². The number of rotatable bonds is 10. The van der Waals surface area contributed by atoms with Crippen molar-refractivity contribution in [3.8, 4) is 0 Å². The number of benzene rings is 2. The number of nitrogens with two attached hydrogens (primary N) is 1. The Hall–Kier alpha value is -2.58. The molecule has 0 aliphatic heterocycles. The van der Waals surface area contributed by atoms with Gasteiger partial charge in [0, 0.05) is 31.9 Å². The Morgan fingerprint density at radius 3 is 2.31 bits per heavy atom. The zero-order chi connectivity index (χ0) is 21.1. The third-order valence-corrected chi connectivity index (χ3v) is 5.35. The van der Waals surface area contributed by atoms with Gasteiger partial charge in [0.25, 0.3) is 0 Å². The number of primary sulfonamides is 1. The van der Waals surface area contributed by atoms with E-state index in [0.29, 0.717) is 6.54 Å². The molecular formula is C21H31N5O2S. The van der Waals surface area contributed by atoms with Crippen LogP contribution in [0.1, 0.15) is 25.8 Å². The number of nitrogens with one attached hydrogen (secondary N) is 2. The topological polar surface area (TPSA) is 99.8 Å². The molecule has 158 valence electrons. The summed E-state index contributed by atoms with van der Waals surface area (Å²) in [6, 6.07) is 16.9. The van der Waals surface area contributed by atoms with Gasteiger partial charge in [-0.3, -0.25) is 0 Å². The highest BCUT2D eigenvalue weighted by Crippen LogP contribution is 2.13. The second-order valence-electron chi connectivity index (χ2n) is 6.58. The van der Waals surface area contributed by atoms with Crippen LogP contribution in [0.15, 0.2) is 64.5 Å². The molecule has 2 aromatic carbocycles. The highest BCUT2D eigenvalue weighted by atomic mass is 32.2. The van der Waals surface area contributed by atoms with Gasteiger partial charge in [0.2, 0.25) is 10.0 Å². The van der Waals surface area contributed by atoms with Crippen LogP contribution < -0.4 is 20.7 Å². The zero-order valence-corrected chi connectivity index (χ0v) is 18.0. The fourth-order valence-electron chi connectivity index (χ4n) is 2.88. The van der Waals surface area contributed by atoms with Crippen LogP contribution in [0.2, 0.25) is 0 Å². The second kappa shape index (κ2) is 11.4. The minimum atomic E-state index is -3.67. The Labute approximate surface area is 174 Å². The molecule has 0 aliphatic carbocycles. The van der Waals surface area contributed by atoms with E-state index in [1.165, 1.54) is 17.8 Å². The molecule has 8 heteroatoms. The van der Waals surface area contributed by atoms with E-state index in [0.717, 1.165) is 44.1 Å². The van der Waals surface area contributed by atoms with Crippen LogP contribution in [0.25, 0.3) is 0 Å². The Kier molecular flexibility index (Phi) is 8.95. The van der Waals surface area contributed by atoms with Crippen LogP contribution in [-0.2, 0) is 16.6 Å². The largest absolute Gasteiger partial charge is 0.372 e. The van der Waals surface area contributed by atoms with E-state index in [-0.39, 0.29) is 4.90 Å². The first-order valence-electron chi connectivity index (χ1n) is 9.88. The van der Waals surface area contributed by atoms with E-state index in [9.17, 15) is 8.42 Å². The summed E-state index contributed by atoms with van der Waals surface area (Å²) >= 11 is 0. The summed E-state index contributed by atoms with van der Waals surface area (Å²) in [6.07, 6.45) is 0.982. The maximum atomic E-state index is 11.3. The van der Waals surface area contributed by atoms with Crippen LogP contribution in [0.5, 0.6) is 0 Å². The van der Waals surface area contributed by atoms with E-state index in [1.54, 1.807) is 12.1 Å². The highest BCUT2D eigenvalue weighted by molar-refractivity contribution is 7.89. The van der Waals surface area contributed by atoms with Crippen LogP contribution in [0.4, 0.5) is 5.69 Å². The first-order valence-corrected chi connectivity index (χ1v) is 11.4. The number of nitrogens with zero attached hydrogens (tertiary/aromatic N) is 2. The maximum absolute atomic E-state index is 11.3. The summed E-state index contributed by atoms with van der Waals surface area (Å²) in [6.45, 7) is 8.13. The predicted octanol–water partition coefficient (Wildman–Crippen LogP) is 2.31. The Morgan fingerprint density at radius 1 is 1.03 bits per heavy atom. The van der Waals surface area contributed by atoms with Gasteiger partial charge in [0.15, 0.2) is 5.96 Å².